The van der Waals surface area contributed by atoms with Gasteiger partial charge >= 0.3 is 0 Å². The van der Waals surface area contributed by atoms with Crippen molar-refractivity contribution in [2.24, 2.45) is 10.6 Å². The molecular weight excluding hydrogens is 364 g/mol. The summed E-state index contributed by atoms with van der Waals surface area (Å²) in [5, 5.41) is 9.30. The van der Waals surface area contributed by atoms with Crippen LogP contribution in [0.2, 0.25) is 0 Å². The number of aromatic nitrogens is 3. The molecular formula is C19H20N4O3S. The van der Waals surface area contributed by atoms with E-state index >= 15 is 0 Å². The van der Waals surface area contributed by atoms with Gasteiger partial charge in [-0.05, 0) is 42.2 Å². The SMILES string of the molecule is Cc1ncccc1-c1noc([C@H]2[C@H](c3ccc(S(N)(=O)=O)cc3)C2(C)C)n1. The lowest BCUT2D eigenvalue weighted by molar-refractivity contribution is 0.368. The highest BCUT2D eigenvalue weighted by atomic mass is 32.2. The van der Waals surface area contributed by atoms with Gasteiger partial charge in [0.25, 0.3) is 0 Å². The van der Waals surface area contributed by atoms with Crippen LogP contribution in [0, 0.1) is 12.3 Å². The Balaban J connectivity index is 1.63. The molecule has 0 bridgehead atoms. The Hall–Kier alpha value is -2.58. The Bertz CT molecular complexity index is 1100. The summed E-state index contributed by atoms with van der Waals surface area (Å²) in [7, 11) is -3.70. The van der Waals surface area contributed by atoms with Crippen molar-refractivity contribution in [3.63, 3.8) is 0 Å². The standard InChI is InChI=1S/C19H20N4O3S/c1-11-14(5-4-10-21-11)17-22-18(26-23-17)16-15(19(16,2)3)12-6-8-13(9-7-12)27(20,24)25/h4-10,15-16H,1-3H3,(H2,20,24,25)/t15-,16+/m0/s1. The van der Waals surface area contributed by atoms with Crippen molar-refractivity contribution in [3.8, 4) is 11.4 Å². The first-order chi connectivity index (χ1) is 12.7. The molecule has 1 saturated carbocycles. The fraction of sp³-hybridized carbons (Fsp3) is 0.316. The number of nitrogens with zero attached hydrogens (tertiary/aromatic N) is 3. The zero-order valence-electron chi connectivity index (χ0n) is 15.2. The Morgan fingerprint density at radius 1 is 1.11 bits per heavy atom. The predicted octanol–water partition coefficient (Wildman–Crippen LogP) is 2.99. The molecule has 0 saturated heterocycles. The Labute approximate surface area is 157 Å². The third kappa shape index (κ3) is 3.04. The molecule has 1 aliphatic carbocycles. The third-order valence-electron chi connectivity index (χ3n) is 5.35. The van der Waals surface area contributed by atoms with Gasteiger partial charge in [-0.1, -0.05) is 31.1 Å². The average molecular weight is 384 g/mol. The second kappa shape index (κ2) is 5.97. The first-order valence-corrected chi connectivity index (χ1v) is 10.1. The number of nitrogens with two attached hydrogens (primary N) is 1. The summed E-state index contributed by atoms with van der Waals surface area (Å²) in [4.78, 5) is 8.97. The number of sulfonamides is 1. The molecule has 2 N–H and O–H groups in total. The highest BCUT2D eigenvalue weighted by Gasteiger charge is 2.62. The molecule has 1 aromatic carbocycles. The normalized spacial score (nSPS) is 21.2. The molecule has 27 heavy (non-hydrogen) atoms. The van der Waals surface area contributed by atoms with Gasteiger partial charge in [0.1, 0.15) is 0 Å². The summed E-state index contributed by atoms with van der Waals surface area (Å²) >= 11 is 0. The molecule has 7 nitrogen and oxygen atoms in total. The van der Waals surface area contributed by atoms with E-state index in [9.17, 15) is 8.42 Å². The molecule has 1 aliphatic rings. The Morgan fingerprint density at radius 2 is 1.81 bits per heavy atom. The summed E-state index contributed by atoms with van der Waals surface area (Å²) < 4.78 is 28.5. The van der Waals surface area contributed by atoms with E-state index in [4.69, 9.17) is 9.66 Å². The van der Waals surface area contributed by atoms with Gasteiger partial charge in [-0.3, -0.25) is 4.98 Å². The second-order valence-electron chi connectivity index (χ2n) is 7.48. The van der Waals surface area contributed by atoms with E-state index in [1.807, 2.05) is 19.1 Å². The minimum atomic E-state index is -3.70. The molecule has 140 valence electrons. The molecule has 2 aromatic heterocycles. The maximum Gasteiger partial charge on any atom is 0.238 e. The zero-order chi connectivity index (χ0) is 19.4. The van der Waals surface area contributed by atoms with Crippen molar-refractivity contribution in [1.29, 1.82) is 0 Å². The summed E-state index contributed by atoms with van der Waals surface area (Å²) in [5.41, 5.74) is 2.64. The van der Waals surface area contributed by atoms with E-state index in [1.165, 1.54) is 12.1 Å². The van der Waals surface area contributed by atoms with E-state index in [0.29, 0.717) is 11.7 Å². The molecule has 0 amide bonds. The molecule has 8 heteroatoms. The lowest BCUT2D eigenvalue weighted by atomic mass is 10.0. The second-order valence-corrected chi connectivity index (χ2v) is 9.04. The van der Waals surface area contributed by atoms with Crippen molar-refractivity contribution >= 4 is 10.0 Å². The summed E-state index contributed by atoms with van der Waals surface area (Å²) in [5.74, 6) is 1.34. The van der Waals surface area contributed by atoms with Crippen LogP contribution in [0.15, 0.2) is 52.0 Å². The Kier molecular flexibility index (Phi) is 3.94. The van der Waals surface area contributed by atoms with Crippen LogP contribution >= 0.6 is 0 Å². The minimum absolute atomic E-state index is 0.0658. The van der Waals surface area contributed by atoms with Gasteiger partial charge in [-0.15, -0.1) is 0 Å². The molecule has 1 fully saturated rings. The van der Waals surface area contributed by atoms with E-state index in [-0.39, 0.29) is 22.1 Å². The van der Waals surface area contributed by atoms with Crippen molar-refractivity contribution in [3.05, 3.63) is 59.7 Å². The number of hydrogen-bond donors (Lipinski definition) is 1. The van der Waals surface area contributed by atoms with E-state index < -0.39 is 10.0 Å². The van der Waals surface area contributed by atoms with Crippen LogP contribution in [0.4, 0.5) is 0 Å². The maximum atomic E-state index is 11.4. The van der Waals surface area contributed by atoms with Crippen LogP contribution in [0.5, 0.6) is 0 Å². The average Bonchev–Trinajstić information content (AvgIpc) is 2.95. The number of rotatable bonds is 4. The zero-order valence-corrected chi connectivity index (χ0v) is 16.1. The smallest absolute Gasteiger partial charge is 0.238 e. The molecule has 0 unspecified atom stereocenters. The van der Waals surface area contributed by atoms with Crippen molar-refractivity contribution < 1.29 is 12.9 Å². The quantitative estimate of drug-likeness (QED) is 0.740. The highest BCUT2D eigenvalue weighted by Crippen LogP contribution is 2.69. The Morgan fingerprint density at radius 3 is 2.44 bits per heavy atom. The van der Waals surface area contributed by atoms with Crippen molar-refractivity contribution in [2.45, 2.75) is 37.5 Å². The van der Waals surface area contributed by atoms with E-state index in [2.05, 4.69) is 29.0 Å². The minimum Gasteiger partial charge on any atom is -0.339 e. The lowest BCUT2D eigenvalue weighted by Gasteiger charge is -2.04. The maximum absolute atomic E-state index is 11.4. The number of hydrogen-bond acceptors (Lipinski definition) is 6. The van der Waals surface area contributed by atoms with Gasteiger partial charge in [0.05, 0.1) is 10.8 Å². The van der Waals surface area contributed by atoms with Gasteiger partial charge in [0.15, 0.2) is 0 Å². The highest BCUT2D eigenvalue weighted by molar-refractivity contribution is 7.89. The van der Waals surface area contributed by atoms with Crippen LogP contribution in [0.25, 0.3) is 11.4 Å². The fourth-order valence-electron chi connectivity index (χ4n) is 3.78. The van der Waals surface area contributed by atoms with Crippen LogP contribution in [-0.2, 0) is 10.0 Å². The molecule has 0 radical (unpaired) electrons. The van der Waals surface area contributed by atoms with Gasteiger partial charge in [0, 0.05) is 23.4 Å². The largest absolute Gasteiger partial charge is 0.339 e. The monoisotopic (exact) mass is 384 g/mol. The van der Waals surface area contributed by atoms with Gasteiger partial charge in [0.2, 0.25) is 21.7 Å². The van der Waals surface area contributed by atoms with Crippen molar-refractivity contribution in [1.82, 2.24) is 15.1 Å². The molecule has 2 heterocycles. The predicted molar refractivity (Wildman–Crippen MR) is 99.3 cm³/mol. The molecule has 4 rings (SSSR count). The first kappa shape index (κ1) is 17.8. The molecule has 3 aromatic rings. The number of aryl methyl sites for hydroxylation is 1. The van der Waals surface area contributed by atoms with Crippen LogP contribution in [0.3, 0.4) is 0 Å². The number of pyridine rings is 1. The first-order valence-electron chi connectivity index (χ1n) is 8.58. The third-order valence-corrected chi connectivity index (χ3v) is 6.28. The van der Waals surface area contributed by atoms with Crippen LogP contribution in [0.1, 0.15) is 42.8 Å². The fourth-order valence-corrected chi connectivity index (χ4v) is 4.29. The van der Waals surface area contributed by atoms with E-state index in [0.717, 1.165) is 16.8 Å². The van der Waals surface area contributed by atoms with E-state index in [1.54, 1.807) is 18.3 Å². The summed E-state index contributed by atoms with van der Waals surface area (Å²) in [6, 6.07) is 10.4. The number of benzene rings is 1. The lowest BCUT2D eigenvalue weighted by Crippen LogP contribution is -2.11. The molecule has 0 spiro atoms. The van der Waals surface area contributed by atoms with Crippen molar-refractivity contribution in [2.75, 3.05) is 0 Å². The van der Waals surface area contributed by atoms with Gasteiger partial charge < -0.3 is 4.52 Å². The molecule has 0 aliphatic heterocycles. The molecule has 2 atom stereocenters. The topological polar surface area (TPSA) is 112 Å². The van der Waals surface area contributed by atoms with Gasteiger partial charge in [-0.25, -0.2) is 13.6 Å². The summed E-state index contributed by atoms with van der Waals surface area (Å²) in [6.07, 6.45) is 1.73. The van der Waals surface area contributed by atoms with Crippen LogP contribution in [-0.4, -0.2) is 23.5 Å². The van der Waals surface area contributed by atoms with Gasteiger partial charge in [-0.2, -0.15) is 4.98 Å². The summed E-state index contributed by atoms with van der Waals surface area (Å²) in [6.45, 7) is 6.17. The number of primary sulfonamides is 1. The van der Waals surface area contributed by atoms with Crippen LogP contribution < -0.4 is 5.14 Å².